The van der Waals surface area contributed by atoms with Crippen molar-refractivity contribution in [1.82, 2.24) is 0 Å². The number of nitrogens with zero attached hydrogens (tertiary/aromatic N) is 1. The van der Waals surface area contributed by atoms with Gasteiger partial charge in [-0.25, -0.2) is 0 Å². The standard InChI is InChI=1S/C18H14Cl2N2O3.C2H6/c19-12-5-6-13(20)16-15(12)18(25,17(24)21-16)9-14(23)10-1-3-11(4-2-10)22-7-8-22;1-2/h1-6,25H,7-9H2,(H,21,24);1-2H3. The maximum Gasteiger partial charge on any atom is 0.261 e. The van der Waals surface area contributed by atoms with Gasteiger partial charge >= 0.3 is 0 Å². The van der Waals surface area contributed by atoms with Crippen LogP contribution >= 0.6 is 23.2 Å². The predicted octanol–water partition coefficient (Wildman–Crippen LogP) is 4.25. The average molecular weight is 407 g/mol. The highest BCUT2D eigenvalue weighted by molar-refractivity contribution is 6.38. The van der Waals surface area contributed by atoms with Crippen molar-refractivity contribution in [2.75, 3.05) is 23.3 Å². The first-order valence-corrected chi connectivity index (χ1v) is 9.56. The van der Waals surface area contributed by atoms with Gasteiger partial charge < -0.3 is 15.3 Å². The summed E-state index contributed by atoms with van der Waals surface area (Å²) >= 11 is 12.2. The summed E-state index contributed by atoms with van der Waals surface area (Å²) in [5.74, 6) is -1.05. The maximum atomic E-state index is 12.6. The predicted molar refractivity (Wildman–Crippen MR) is 108 cm³/mol. The summed E-state index contributed by atoms with van der Waals surface area (Å²) in [6.45, 7) is 6.03. The molecule has 2 heterocycles. The highest BCUT2D eigenvalue weighted by Gasteiger charge is 2.49. The number of aliphatic hydroxyl groups is 1. The van der Waals surface area contributed by atoms with Crippen LogP contribution in [-0.2, 0) is 10.4 Å². The van der Waals surface area contributed by atoms with Crippen molar-refractivity contribution >= 4 is 46.3 Å². The Morgan fingerprint density at radius 1 is 1.11 bits per heavy atom. The zero-order chi connectivity index (χ0) is 19.8. The van der Waals surface area contributed by atoms with Crippen LogP contribution in [0.5, 0.6) is 0 Å². The molecule has 2 aromatic carbocycles. The van der Waals surface area contributed by atoms with E-state index in [-0.39, 0.29) is 27.1 Å². The van der Waals surface area contributed by atoms with Crippen molar-refractivity contribution in [3.8, 4) is 0 Å². The molecule has 1 fully saturated rings. The lowest BCUT2D eigenvalue weighted by Gasteiger charge is -2.21. The Labute approximate surface area is 167 Å². The van der Waals surface area contributed by atoms with E-state index in [0.29, 0.717) is 5.56 Å². The summed E-state index contributed by atoms with van der Waals surface area (Å²) < 4.78 is 0. The third-order valence-electron chi connectivity index (χ3n) is 4.55. The van der Waals surface area contributed by atoms with Gasteiger partial charge in [0.2, 0.25) is 0 Å². The SMILES string of the molecule is CC.O=C(CC1(O)C(=O)Nc2c(Cl)ccc(Cl)c21)c1ccc(N2CC2)cc1. The first-order valence-electron chi connectivity index (χ1n) is 8.81. The topological polar surface area (TPSA) is 69.4 Å². The summed E-state index contributed by atoms with van der Waals surface area (Å²) in [5.41, 5.74) is -0.146. The van der Waals surface area contributed by atoms with Crippen molar-refractivity contribution in [3.63, 3.8) is 0 Å². The van der Waals surface area contributed by atoms with Crippen LogP contribution in [0, 0.1) is 0 Å². The highest BCUT2D eigenvalue weighted by atomic mass is 35.5. The molecule has 0 saturated carbocycles. The number of halogens is 2. The Morgan fingerprint density at radius 3 is 2.30 bits per heavy atom. The largest absolute Gasteiger partial charge is 0.375 e. The minimum atomic E-state index is -2.03. The van der Waals surface area contributed by atoms with Gasteiger partial charge in [0.25, 0.3) is 5.91 Å². The lowest BCUT2D eigenvalue weighted by molar-refractivity contribution is -0.133. The second kappa shape index (κ2) is 7.50. The molecule has 0 spiro atoms. The number of benzene rings is 2. The number of fused-ring (bicyclic) bond motifs is 1. The normalized spacial score (nSPS) is 19.7. The molecule has 7 heteroatoms. The van der Waals surface area contributed by atoms with Crippen LogP contribution in [0.15, 0.2) is 36.4 Å². The smallest absolute Gasteiger partial charge is 0.261 e. The Kier molecular flexibility index (Phi) is 5.47. The van der Waals surface area contributed by atoms with Gasteiger partial charge in [-0.1, -0.05) is 37.0 Å². The number of Topliss-reactive ketones (excluding diaryl/α,β-unsaturated/α-hetero) is 1. The van der Waals surface area contributed by atoms with Crippen molar-refractivity contribution in [2.45, 2.75) is 25.9 Å². The molecule has 1 saturated heterocycles. The van der Waals surface area contributed by atoms with Gasteiger partial charge in [0.1, 0.15) is 0 Å². The summed E-state index contributed by atoms with van der Waals surface area (Å²) in [6.07, 6.45) is -0.408. The number of rotatable bonds is 4. The van der Waals surface area contributed by atoms with E-state index in [1.54, 1.807) is 12.1 Å². The van der Waals surface area contributed by atoms with E-state index in [1.807, 2.05) is 26.0 Å². The van der Waals surface area contributed by atoms with E-state index in [9.17, 15) is 14.7 Å². The Morgan fingerprint density at radius 2 is 1.70 bits per heavy atom. The van der Waals surface area contributed by atoms with Crippen molar-refractivity contribution in [3.05, 3.63) is 57.6 Å². The van der Waals surface area contributed by atoms with E-state index in [0.717, 1.165) is 18.8 Å². The van der Waals surface area contributed by atoms with Crippen LogP contribution in [0.3, 0.4) is 0 Å². The number of ketones is 1. The molecule has 1 unspecified atom stereocenters. The second-order valence-corrected chi connectivity index (χ2v) is 7.04. The molecule has 1 amide bonds. The molecule has 2 N–H and O–H groups in total. The number of hydrogen-bond acceptors (Lipinski definition) is 4. The lowest BCUT2D eigenvalue weighted by atomic mass is 9.88. The number of carbonyl (C=O) groups excluding carboxylic acids is 2. The first kappa shape index (κ1) is 19.7. The number of hydrogen-bond donors (Lipinski definition) is 2. The number of carbonyl (C=O) groups is 2. The summed E-state index contributed by atoms with van der Waals surface area (Å²) in [6, 6.07) is 10.1. The van der Waals surface area contributed by atoms with Gasteiger partial charge in [-0.15, -0.1) is 0 Å². The van der Waals surface area contributed by atoms with Gasteiger partial charge in [0.05, 0.1) is 17.1 Å². The van der Waals surface area contributed by atoms with Gasteiger partial charge in [0, 0.05) is 34.9 Å². The molecular formula is C20H20Cl2N2O3. The Hall–Kier alpha value is -2.08. The van der Waals surface area contributed by atoms with Crippen molar-refractivity contribution in [1.29, 1.82) is 0 Å². The fourth-order valence-corrected chi connectivity index (χ4v) is 3.60. The Bertz CT molecular complexity index is 895. The van der Waals surface area contributed by atoms with Crippen LogP contribution in [0.1, 0.15) is 36.2 Å². The first-order chi connectivity index (χ1) is 12.9. The molecule has 0 radical (unpaired) electrons. The maximum absolute atomic E-state index is 12.6. The molecule has 0 aliphatic carbocycles. The summed E-state index contributed by atoms with van der Waals surface area (Å²) in [5, 5.41) is 13.9. The lowest BCUT2D eigenvalue weighted by Crippen LogP contribution is -2.36. The molecule has 142 valence electrons. The third kappa shape index (κ3) is 3.55. The molecule has 0 bridgehead atoms. The zero-order valence-corrected chi connectivity index (χ0v) is 16.6. The van der Waals surface area contributed by atoms with E-state index in [1.165, 1.54) is 12.1 Å². The van der Waals surface area contributed by atoms with Gasteiger partial charge in [-0.2, -0.15) is 0 Å². The van der Waals surface area contributed by atoms with Crippen LogP contribution in [-0.4, -0.2) is 29.9 Å². The average Bonchev–Trinajstić information content (AvgIpc) is 3.48. The van der Waals surface area contributed by atoms with Crippen molar-refractivity contribution in [2.24, 2.45) is 0 Å². The fraction of sp³-hybridized carbons (Fsp3) is 0.300. The summed E-state index contributed by atoms with van der Waals surface area (Å²) in [4.78, 5) is 27.1. The van der Waals surface area contributed by atoms with Crippen LogP contribution in [0.4, 0.5) is 11.4 Å². The van der Waals surface area contributed by atoms with Gasteiger partial charge in [0.15, 0.2) is 11.4 Å². The third-order valence-corrected chi connectivity index (χ3v) is 5.18. The van der Waals surface area contributed by atoms with Crippen LogP contribution in [0.25, 0.3) is 0 Å². The number of nitrogens with one attached hydrogen (secondary N) is 1. The van der Waals surface area contributed by atoms with Gasteiger partial charge in [-0.3, -0.25) is 9.59 Å². The monoisotopic (exact) mass is 406 g/mol. The molecule has 27 heavy (non-hydrogen) atoms. The zero-order valence-electron chi connectivity index (χ0n) is 15.1. The molecule has 2 aliphatic heterocycles. The second-order valence-electron chi connectivity index (χ2n) is 6.23. The van der Waals surface area contributed by atoms with Crippen molar-refractivity contribution < 1.29 is 14.7 Å². The molecular weight excluding hydrogens is 387 g/mol. The molecule has 1 atom stereocenters. The van der Waals surface area contributed by atoms with E-state index in [4.69, 9.17) is 23.2 Å². The van der Waals surface area contributed by atoms with E-state index in [2.05, 4.69) is 10.2 Å². The quantitative estimate of drug-likeness (QED) is 0.587. The van der Waals surface area contributed by atoms with E-state index >= 15 is 0 Å². The molecule has 5 nitrogen and oxygen atoms in total. The van der Waals surface area contributed by atoms with Crippen LogP contribution < -0.4 is 10.2 Å². The van der Waals surface area contributed by atoms with E-state index < -0.39 is 17.9 Å². The van der Waals surface area contributed by atoms with Crippen LogP contribution in [0.2, 0.25) is 10.0 Å². The fourth-order valence-electron chi connectivity index (χ4n) is 3.08. The molecule has 4 rings (SSSR count). The van der Waals surface area contributed by atoms with Gasteiger partial charge in [-0.05, 0) is 36.4 Å². The molecule has 2 aromatic rings. The molecule has 0 aromatic heterocycles. The number of anilines is 2. The number of amides is 1. The summed E-state index contributed by atoms with van der Waals surface area (Å²) in [7, 11) is 0. The minimum Gasteiger partial charge on any atom is -0.375 e. The minimum absolute atomic E-state index is 0.153. The molecule has 2 aliphatic rings. The Balaban J connectivity index is 0.00000102. The highest BCUT2D eigenvalue weighted by Crippen LogP contribution is 2.46.